The van der Waals surface area contributed by atoms with Crippen molar-refractivity contribution in [1.29, 1.82) is 0 Å². The standard InChI is InChI=1S/C13H18ClNO2/c1-8(2)12(16)7-13(17)15-11-6-4-5-10(14)9(11)3/h4-6,8,12,16H,7H2,1-3H3,(H,15,17). The Labute approximate surface area is 107 Å². The minimum Gasteiger partial charge on any atom is -0.392 e. The summed E-state index contributed by atoms with van der Waals surface area (Å²) in [4.78, 5) is 11.7. The Morgan fingerprint density at radius 2 is 2.12 bits per heavy atom. The Balaban J connectivity index is 2.66. The molecule has 0 heterocycles. The average Bonchev–Trinajstić information content (AvgIpc) is 2.24. The summed E-state index contributed by atoms with van der Waals surface area (Å²) in [5, 5.41) is 13.0. The van der Waals surface area contributed by atoms with Gasteiger partial charge in [0.1, 0.15) is 0 Å². The second-order valence-electron chi connectivity index (χ2n) is 4.48. The first-order chi connectivity index (χ1) is 7.91. The van der Waals surface area contributed by atoms with Crippen LogP contribution in [0.3, 0.4) is 0 Å². The summed E-state index contributed by atoms with van der Waals surface area (Å²) in [5.74, 6) is -0.127. The number of hydrogen-bond donors (Lipinski definition) is 2. The van der Waals surface area contributed by atoms with Crippen LogP contribution in [0.15, 0.2) is 18.2 Å². The van der Waals surface area contributed by atoms with Gasteiger partial charge < -0.3 is 10.4 Å². The molecular weight excluding hydrogens is 238 g/mol. The number of halogens is 1. The van der Waals surface area contributed by atoms with Gasteiger partial charge in [0, 0.05) is 10.7 Å². The van der Waals surface area contributed by atoms with Gasteiger partial charge in [-0.15, -0.1) is 0 Å². The lowest BCUT2D eigenvalue weighted by atomic mass is 10.0. The van der Waals surface area contributed by atoms with E-state index >= 15 is 0 Å². The third-order valence-electron chi connectivity index (χ3n) is 2.71. The molecule has 1 unspecified atom stereocenters. The molecule has 0 saturated carbocycles. The van der Waals surface area contributed by atoms with E-state index in [2.05, 4.69) is 5.32 Å². The van der Waals surface area contributed by atoms with Crippen molar-refractivity contribution >= 4 is 23.2 Å². The van der Waals surface area contributed by atoms with E-state index in [0.29, 0.717) is 10.7 Å². The summed E-state index contributed by atoms with van der Waals surface area (Å²) in [6, 6.07) is 5.35. The highest BCUT2D eigenvalue weighted by molar-refractivity contribution is 6.31. The maximum absolute atomic E-state index is 11.7. The van der Waals surface area contributed by atoms with E-state index in [-0.39, 0.29) is 18.2 Å². The van der Waals surface area contributed by atoms with Gasteiger partial charge >= 0.3 is 0 Å². The van der Waals surface area contributed by atoms with Crippen molar-refractivity contribution in [3.05, 3.63) is 28.8 Å². The second kappa shape index (κ2) is 6.03. The predicted octanol–water partition coefficient (Wildman–Crippen LogP) is 2.99. The zero-order valence-corrected chi connectivity index (χ0v) is 11.1. The van der Waals surface area contributed by atoms with Crippen LogP contribution >= 0.6 is 11.6 Å². The number of benzene rings is 1. The smallest absolute Gasteiger partial charge is 0.226 e. The van der Waals surface area contributed by atoms with Crippen LogP contribution in [-0.2, 0) is 4.79 Å². The highest BCUT2D eigenvalue weighted by Crippen LogP contribution is 2.23. The van der Waals surface area contributed by atoms with Crippen LogP contribution in [0.2, 0.25) is 5.02 Å². The first-order valence-corrected chi connectivity index (χ1v) is 6.02. The summed E-state index contributed by atoms with van der Waals surface area (Å²) in [6.07, 6.45) is -0.515. The molecule has 0 saturated heterocycles. The fourth-order valence-corrected chi connectivity index (χ4v) is 1.54. The molecule has 1 aromatic carbocycles. The molecule has 0 aliphatic heterocycles. The molecule has 2 N–H and O–H groups in total. The number of carbonyl (C=O) groups excluding carboxylic acids is 1. The summed E-state index contributed by atoms with van der Waals surface area (Å²) >= 11 is 5.95. The minimum absolute atomic E-state index is 0.0706. The fourth-order valence-electron chi connectivity index (χ4n) is 1.37. The zero-order valence-electron chi connectivity index (χ0n) is 10.3. The molecular formula is C13H18ClNO2. The summed E-state index contributed by atoms with van der Waals surface area (Å²) < 4.78 is 0. The van der Waals surface area contributed by atoms with Crippen molar-refractivity contribution in [2.24, 2.45) is 5.92 Å². The van der Waals surface area contributed by atoms with Gasteiger partial charge in [-0.25, -0.2) is 0 Å². The number of rotatable bonds is 4. The predicted molar refractivity (Wildman–Crippen MR) is 70.3 cm³/mol. The van der Waals surface area contributed by atoms with Gasteiger partial charge in [0.2, 0.25) is 5.91 Å². The van der Waals surface area contributed by atoms with Crippen molar-refractivity contribution in [1.82, 2.24) is 0 Å². The third-order valence-corrected chi connectivity index (χ3v) is 3.12. The van der Waals surface area contributed by atoms with Crippen LogP contribution < -0.4 is 5.32 Å². The van der Waals surface area contributed by atoms with Crippen LogP contribution in [0.5, 0.6) is 0 Å². The SMILES string of the molecule is Cc1c(Cl)cccc1NC(=O)CC(O)C(C)C. The molecule has 1 amide bonds. The maximum atomic E-state index is 11.7. The molecule has 0 bridgehead atoms. The first kappa shape index (κ1) is 14.0. The number of aliphatic hydroxyl groups is 1. The Kier molecular flexibility index (Phi) is 4.97. The van der Waals surface area contributed by atoms with Gasteiger partial charge in [-0.1, -0.05) is 31.5 Å². The van der Waals surface area contributed by atoms with Gasteiger partial charge in [0.15, 0.2) is 0 Å². The van der Waals surface area contributed by atoms with Gasteiger partial charge in [-0.2, -0.15) is 0 Å². The van der Waals surface area contributed by atoms with Gasteiger partial charge in [0.25, 0.3) is 0 Å². The molecule has 0 fully saturated rings. The molecule has 0 aromatic heterocycles. The molecule has 1 atom stereocenters. The molecule has 4 heteroatoms. The summed E-state index contributed by atoms with van der Waals surface area (Å²) in [6.45, 7) is 5.60. The lowest BCUT2D eigenvalue weighted by molar-refractivity contribution is -0.118. The number of anilines is 1. The van der Waals surface area contributed by atoms with Crippen LogP contribution in [0.4, 0.5) is 5.69 Å². The zero-order chi connectivity index (χ0) is 13.0. The molecule has 94 valence electrons. The summed E-state index contributed by atoms with van der Waals surface area (Å²) in [5.41, 5.74) is 1.53. The lowest BCUT2D eigenvalue weighted by Crippen LogP contribution is -2.23. The van der Waals surface area contributed by atoms with Crippen LogP contribution in [-0.4, -0.2) is 17.1 Å². The minimum atomic E-state index is -0.616. The number of aliphatic hydroxyl groups excluding tert-OH is 1. The van der Waals surface area contributed by atoms with Crippen molar-refractivity contribution in [2.45, 2.75) is 33.3 Å². The topological polar surface area (TPSA) is 49.3 Å². The van der Waals surface area contributed by atoms with Gasteiger partial charge in [-0.3, -0.25) is 4.79 Å². The highest BCUT2D eigenvalue weighted by atomic mass is 35.5. The second-order valence-corrected chi connectivity index (χ2v) is 4.88. The van der Waals surface area contributed by atoms with E-state index in [0.717, 1.165) is 5.56 Å². The van der Waals surface area contributed by atoms with Crippen molar-refractivity contribution < 1.29 is 9.90 Å². The lowest BCUT2D eigenvalue weighted by Gasteiger charge is -2.15. The molecule has 17 heavy (non-hydrogen) atoms. The van der Waals surface area contributed by atoms with Gasteiger partial charge in [-0.05, 0) is 30.5 Å². The molecule has 0 aliphatic carbocycles. The molecule has 3 nitrogen and oxygen atoms in total. The quantitative estimate of drug-likeness (QED) is 0.869. The highest BCUT2D eigenvalue weighted by Gasteiger charge is 2.15. The van der Waals surface area contributed by atoms with Gasteiger partial charge in [0.05, 0.1) is 12.5 Å². The van der Waals surface area contributed by atoms with E-state index in [9.17, 15) is 9.90 Å². The maximum Gasteiger partial charge on any atom is 0.226 e. The molecule has 0 radical (unpaired) electrons. The Morgan fingerprint density at radius 1 is 1.47 bits per heavy atom. The third kappa shape index (κ3) is 4.02. The Bertz CT molecular complexity index is 404. The monoisotopic (exact) mass is 255 g/mol. The van der Waals surface area contributed by atoms with E-state index in [4.69, 9.17) is 11.6 Å². The number of amides is 1. The van der Waals surface area contributed by atoms with E-state index in [1.54, 1.807) is 18.2 Å². The van der Waals surface area contributed by atoms with Crippen LogP contribution in [0.25, 0.3) is 0 Å². The normalized spacial score (nSPS) is 12.6. The molecule has 1 aromatic rings. The number of nitrogens with one attached hydrogen (secondary N) is 1. The van der Waals surface area contributed by atoms with E-state index < -0.39 is 6.10 Å². The van der Waals surface area contributed by atoms with Crippen molar-refractivity contribution in [3.8, 4) is 0 Å². The van der Waals surface area contributed by atoms with Crippen molar-refractivity contribution in [2.75, 3.05) is 5.32 Å². The summed E-state index contributed by atoms with van der Waals surface area (Å²) in [7, 11) is 0. The molecule has 0 spiro atoms. The average molecular weight is 256 g/mol. The van der Waals surface area contributed by atoms with E-state index in [1.165, 1.54) is 0 Å². The largest absolute Gasteiger partial charge is 0.392 e. The van der Waals surface area contributed by atoms with E-state index in [1.807, 2.05) is 20.8 Å². The van der Waals surface area contributed by atoms with Crippen molar-refractivity contribution in [3.63, 3.8) is 0 Å². The first-order valence-electron chi connectivity index (χ1n) is 5.65. The number of carbonyl (C=O) groups is 1. The Hall–Kier alpha value is -1.06. The number of hydrogen-bond acceptors (Lipinski definition) is 2. The van der Waals surface area contributed by atoms with Crippen LogP contribution in [0, 0.1) is 12.8 Å². The Morgan fingerprint density at radius 3 is 2.71 bits per heavy atom. The van der Waals surface area contributed by atoms with Crippen LogP contribution in [0.1, 0.15) is 25.8 Å². The molecule has 0 aliphatic rings. The molecule has 1 rings (SSSR count). The fraction of sp³-hybridized carbons (Fsp3) is 0.462.